The summed E-state index contributed by atoms with van der Waals surface area (Å²) in [4.78, 5) is 45.8. The van der Waals surface area contributed by atoms with Crippen LogP contribution in [0.5, 0.6) is 0 Å². The van der Waals surface area contributed by atoms with E-state index in [2.05, 4.69) is 9.97 Å². The van der Waals surface area contributed by atoms with Gasteiger partial charge in [0.2, 0.25) is 0 Å². The van der Waals surface area contributed by atoms with Gasteiger partial charge in [0.15, 0.2) is 11.4 Å². The van der Waals surface area contributed by atoms with Crippen LogP contribution in [-0.4, -0.2) is 49.0 Å². The van der Waals surface area contributed by atoms with Crippen LogP contribution < -0.4 is 0 Å². The molecule has 6 unspecified atom stereocenters. The average Bonchev–Trinajstić information content (AvgIpc) is 3.46. The molecule has 9 heteroatoms. The van der Waals surface area contributed by atoms with Crippen molar-refractivity contribution in [3.8, 4) is 0 Å². The highest BCUT2D eigenvalue weighted by Crippen LogP contribution is 2.59. The molecule has 0 aliphatic heterocycles. The number of rotatable bonds is 4. The maximum atomic E-state index is 12.6. The van der Waals surface area contributed by atoms with Crippen molar-refractivity contribution in [2.24, 2.45) is 37.8 Å². The third kappa shape index (κ3) is 2.87. The van der Waals surface area contributed by atoms with Crippen LogP contribution in [0.3, 0.4) is 0 Å². The number of esters is 2. The Hall–Kier alpha value is -2.97. The highest BCUT2D eigenvalue weighted by Gasteiger charge is 2.64. The molecule has 3 aliphatic rings. The summed E-state index contributed by atoms with van der Waals surface area (Å²) in [6, 6.07) is 0. The van der Waals surface area contributed by atoms with Crippen molar-refractivity contribution in [3.63, 3.8) is 0 Å². The van der Waals surface area contributed by atoms with Crippen LogP contribution in [0.15, 0.2) is 25.0 Å². The Morgan fingerprint density at radius 1 is 0.931 bits per heavy atom. The second kappa shape index (κ2) is 6.53. The zero-order valence-electron chi connectivity index (χ0n) is 16.2. The van der Waals surface area contributed by atoms with Gasteiger partial charge in [0.25, 0.3) is 0 Å². The van der Waals surface area contributed by atoms with E-state index in [0.717, 1.165) is 12.8 Å². The van der Waals surface area contributed by atoms with E-state index in [1.54, 1.807) is 35.6 Å². The summed E-state index contributed by atoms with van der Waals surface area (Å²) in [5.74, 6) is -0.882. The van der Waals surface area contributed by atoms with Crippen LogP contribution in [0.25, 0.3) is 0 Å². The van der Waals surface area contributed by atoms with Crippen molar-refractivity contribution in [2.45, 2.75) is 31.5 Å². The lowest BCUT2D eigenvalue weighted by molar-refractivity contribution is -0.127. The second-order valence-electron chi connectivity index (χ2n) is 8.35. The Morgan fingerprint density at radius 3 is 2.00 bits per heavy atom. The molecule has 6 atom stereocenters. The van der Waals surface area contributed by atoms with Gasteiger partial charge < -0.3 is 18.6 Å². The van der Waals surface area contributed by atoms with Gasteiger partial charge in [0.1, 0.15) is 18.0 Å². The van der Waals surface area contributed by atoms with Crippen LogP contribution in [0.1, 0.15) is 40.2 Å². The standard InChI is InChI=1S/C20H22N4O5/c1-23-6-13(21-8-23)19(26)28-17-11-5-12(16-10(11)3-4-15(16)25)18(17)29-20(27)14-7-24(2)9-22-14/h6-12,16-18H,3-5H2,1-2H3. The smallest absolute Gasteiger partial charge is 0.358 e. The topological polar surface area (TPSA) is 105 Å². The van der Waals surface area contributed by atoms with E-state index >= 15 is 0 Å². The summed E-state index contributed by atoms with van der Waals surface area (Å²) >= 11 is 0. The number of hydrogen-bond acceptors (Lipinski definition) is 7. The first-order valence-corrected chi connectivity index (χ1v) is 9.83. The lowest BCUT2D eigenvalue weighted by Crippen LogP contribution is -2.46. The predicted octanol–water partition coefficient (Wildman–Crippen LogP) is 1.15. The van der Waals surface area contributed by atoms with Gasteiger partial charge in [-0.05, 0) is 18.8 Å². The number of carbonyl (C=O) groups excluding carboxylic acids is 3. The molecule has 0 spiro atoms. The summed E-state index contributed by atoms with van der Waals surface area (Å²) in [6.07, 6.45) is 7.07. The van der Waals surface area contributed by atoms with E-state index in [-0.39, 0.29) is 40.8 Å². The zero-order chi connectivity index (χ0) is 20.3. The predicted molar refractivity (Wildman–Crippen MR) is 97.6 cm³/mol. The third-order valence-corrected chi connectivity index (χ3v) is 6.59. The Labute approximate surface area is 167 Å². The summed E-state index contributed by atoms with van der Waals surface area (Å²) in [5.41, 5.74) is 0.406. The summed E-state index contributed by atoms with van der Waals surface area (Å²) < 4.78 is 14.9. The van der Waals surface area contributed by atoms with Crippen molar-refractivity contribution < 1.29 is 23.9 Å². The zero-order valence-corrected chi connectivity index (χ0v) is 16.2. The van der Waals surface area contributed by atoms with Gasteiger partial charge in [-0.3, -0.25) is 4.79 Å². The number of fused-ring (bicyclic) bond motifs is 5. The molecule has 0 aromatic carbocycles. The Kier molecular flexibility index (Phi) is 4.07. The van der Waals surface area contributed by atoms with Crippen LogP contribution in [0.4, 0.5) is 0 Å². The molecule has 0 saturated heterocycles. The third-order valence-electron chi connectivity index (χ3n) is 6.59. The van der Waals surface area contributed by atoms with Gasteiger partial charge in [-0.2, -0.15) is 0 Å². The second-order valence-corrected chi connectivity index (χ2v) is 8.35. The molecule has 2 aromatic rings. The van der Waals surface area contributed by atoms with Gasteiger partial charge in [0.05, 0.1) is 12.7 Å². The average molecular weight is 398 g/mol. The quantitative estimate of drug-likeness (QED) is 0.711. The van der Waals surface area contributed by atoms with Crippen LogP contribution in [0.2, 0.25) is 0 Å². The van der Waals surface area contributed by atoms with Crippen molar-refractivity contribution >= 4 is 17.7 Å². The van der Waals surface area contributed by atoms with Gasteiger partial charge in [-0.15, -0.1) is 0 Å². The Balaban J connectivity index is 1.40. The fourth-order valence-corrected chi connectivity index (χ4v) is 5.48. The highest BCUT2D eigenvalue weighted by molar-refractivity contribution is 5.89. The highest BCUT2D eigenvalue weighted by atomic mass is 16.6. The molecule has 2 heterocycles. The number of hydrogen-bond donors (Lipinski definition) is 0. The summed E-state index contributed by atoms with van der Waals surface area (Å²) in [6.45, 7) is 0. The molecule has 29 heavy (non-hydrogen) atoms. The molecule has 0 amide bonds. The number of aryl methyl sites for hydroxylation is 2. The van der Waals surface area contributed by atoms with E-state index < -0.39 is 24.1 Å². The minimum absolute atomic E-state index is 0.0191. The molecule has 9 nitrogen and oxygen atoms in total. The Bertz CT molecular complexity index is 995. The SMILES string of the molecule is Cn1cnc(C(=O)OC2C3CC(C2OC(=O)c2cn(C)cn2)C2C(=O)CCC32)c1. The van der Waals surface area contributed by atoms with Crippen LogP contribution in [-0.2, 0) is 28.4 Å². The van der Waals surface area contributed by atoms with Crippen LogP contribution >= 0.6 is 0 Å². The van der Waals surface area contributed by atoms with E-state index in [0.29, 0.717) is 6.42 Å². The Morgan fingerprint density at radius 2 is 1.48 bits per heavy atom. The molecular formula is C20H22N4O5. The number of nitrogens with zero attached hydrogens (tertiary/aromatic N) is 4. The normalized spacial score (nSPS) is 32.4. The largest absolute Gasteiger partial charge is 0.453 e. The van der Waals surface area contributed by atoms with Gasteiger partial charge >= 0.3 is 11.9 Å². The molecular weight excluding hydrogens is 376 g/mol. The molecule has 5 rings (SSSR count). The van der Waals surface area contributed by atoms with Gasteiger partial charge in [0, 0.05) is 50.7 Å². The maximum Gasteiger partial charge on any atom is 0.358 e. The van der Waals surface area contributed by atoms with Crippen molar-refractivity contribution in [3.05, 3.63) is 36.4 Å². The fraction of sp³-hybridized carbons (Fsp3) is 0.550. The molecule has 152 valence electrons. The maximum absolute atomic E-state index is 12.6. The van der Waals surface area contributed by atoms with Gasteiger partial charge in [-0.25, -0.2) is 19.6 Å². The van der Waals surface area contributed by atoms with E-state index in [1.807, 2.05) is 0 Å². The lowest BCUT2D eigenvalue weighted by atomic mass is 9.78. The number of Topliss-reactive ketones (excluding diaryl/α,β-unsaturated/α-hetero) is 1. The number of aromatic nitrogens is 4. The van der Waals surface area contributed by atoms with Crippen LogP contribution in [0, 0.1) is 23.7 Å². The number of ether oxygens (including phenoxy) is 2. The van der Waals surface area contributed by atoms with E-state index in [4.69, 9.17) is 9.47 Å². The van der Waals surface area contributed by atoms with E-state index in [1.165, 1.54) is 12.7 Å². The monoisotopic (exact) mass is 398 g/mol. The number of imidazole rings is 2. The van der Waals surface area contributed by atoms with E-state index in [9.17, 15) is 14.4 Å². The lowest BCUT2D eigenvalue weighted by Gasteiger charge is -2.36. The van der Waals surface area contributed by atoms with Crippen molar-refractivity contribution in [1.82, 2.24) is 19.1 Å². The number of ketones is 1. The van der Waals surface area contributed by atoms with Crippen molar-refractivity contribution in [1.29, 1.82) is 0 Å². The van der Waals surface area contributed by atoms with Gasteiger partial charge in [-0.1, -0.05) is 0 Å². The fourth-order valence-electron chi connectivity index (χ4n) is 5.48. The first-order chi connectivity index (χ1) is 13.9. The molecule has 2 bridgehead atoms. The number of carbonyl (C=O) groups is 3. The van der Waals surface area contributed by atoms with Crippen molar-refractivity contribution in [2.75, 3.05) is 0 Å². The molecule has 3 fully saturated rings. The molecule has 0 radical (unpaired) electrons. The molecule has 0 N–H and O–H groups in total. The molecule has 2 aromatic heterocycles. The summed E-state index contributed by atoms with van der Waals surface area (Å²) in [7, 11) is 3.54. The summed E-state index contributed by atoms with van der Waals surface area (Å²) in [5, 5.41) is 0. The first-order valence-electron chi connectivity index (χ1n) is 9.83. The molecule has 3 aliphatic carbocycles. The molecule has 3 saturated carbocycles. The first kappa shape index (κ1) is 18.1. The minimum atomic E-state index is -0.648. The minimum Gasteiger partial charge on any atom is -0.453 e.